The minimum atomic E-state index is -1.77. The number of hydrogen-bond acceptors (Lipinski definition) is 13. The number of fused-ring (bicyclic) bond motifs is 5. The molecule has 7 heterocycles. The number of anilines is 2. The number of alkyl halides is 2. The minimum absolute atomic E-state index is 0.0102. The van der Waals surface area contributed by atoms with Crippen LogP contribution in [-0.2, 0) is 27.6 Å². The molecule has 10 atom stereocenters. The Hall–Kier alpha value is -2.95. The molecular weight excluding hydrogens is 590 g/mol. The predicted molar refractivity (Wildman–Crippen MR) is 140 cm³/mol. The number of nitrogens with one attached hydrogen (secondary N) is 1. The van der Waals surface area contributed by atoms with Gasteiger partial charge in [-0.1, -0.05) is 0 Å². The first kappa shape index (κ1) is 26.9. The molecule has 5 N–H and O–H groups in total. The van der Waals surface area contributed by atoms with Crippen LogP contribution in [0.4, 0.5) is 20.5 Å². The maximum absolute atomic E-state index is 15.8. The molecule has 4 aromatic rings. The number of imidazole rings is 1. The Balaban J connectivity index is 1.11. The fourth-order valence-corrected chi connectivity index (χ4v) is 6.40. The first-order chi connectivity index (χ1) is 19.9. The summed E-state index contributed by atoms with van der Waals surface area (Å²) in [5, 5.41) is 0.571. The van der Waals surface area contributed by atoms with Crippen molar-refractivity contribution in [3.05, 3.63) is 35.3 Å². The molecule has 218 valence electrons. The van der Waals surface area contributed by atoms with Crippen LogP contribution >= 0.6 is 18.1 Å². The van der Waals surface area contributed by atoms with Crippen LogP contribution in [0.15, 0.2) is 29.7 Å². The molecule has 2 bridgehead atoms. The fraction of sp³-hybridized carbons (Fsp3) is 0.476. The molecule has 20 heteroatoms. The van der Waals surface area contributed by atoms with Crippen LogP contribution in [0.1, 0.15) is 12.5 Å². The summed E-state index contributed by atoms with van der Waals surface area (Å²) in [7, 11) is -1.36. The van der Waals surface area contributed by atoms with E-state index in [9.17, 15) is 4.79 Å². The summed E-state index contributed by atoms with van der Waals surface area (Å²) in [5.41, 5.74) is 11.5. The van der Waals surface area contributed by atoms with E-state index in [1.807, 2.05) is 0 Å². The normalized spacial score (nSPS) is 34.1. The number of nitrogen functional groups attached to an aromatic ring is 2. The van der Waals surface area contributed by atoms with Crippen LogP contribution in [0.5, 0.6) is 0 Å². The molecule has 0 aromatic carbocycles. The molecule has 3 aliphatic rings. The Morgan fingerprint density at radius 3 is 2.68 bits per heavy atom. The molecule has 3 aliphatic heterocycles. The van der Waals surface area contributed by atoms with E-state index in [-0.39, 0.29) is 36.1 Å². The number of H-pyrrole nitrogens is 1. The van der Waals surface area contributed by atoms with Crippen LogP contribution in [0.3, 0.4) is 0 Å². The summed E-state index contributed by atoms with van der Waals surface area (Å²) in [6, 6.07) is 1.69. The van der Waals surface area contributed by atoms with Crippen molar-refractivity contribution in [3.8, 4) is 0 Å². The first-order valence-corrected chi connectivity index (χ1v) is 14.0. The van der Waals surface area contributed by atoms with Gasteiger partial charge in [0.15, 0.2) is 60.3 Å². The fourth-order valence-electron chi connectivity index (χ4n) is 5.14. The highest BCUT2D eigenvalue weighted by atomic mass is 31.1. The smallest absolute Gasteiger partial charge is 0.280 e. The van der Waals surface area contributed by atoms with E-state index >= 15 is 8.78 Å². The first-order valence-electron chi connectivity index (χ1n) is 12.3. The van der Waals surface area contributed by atoms with E-state index in [1.54, 1.807) is 16.8 Å². The van der Waals surface area contributed by atoms with Crippen molar-refractivity contribution in [3.63, 3.8) is 0 Å². The lowest BCUT2D eigenvalue weighted by Crippen LogP contribution is -2.30. The monoisotopic (exact) mass is 613 g/mol. The third-order valence-electron chi connectivity index (χ3n) is 7.13. The molecule has 0 radical (unpaired) electrons. The average Bonchev–Trinajstić information content (AvgIpc) is 3.70. The van der Waals surface area contributed by atoms with Gasteiger partial charge in [0.2, 0.25) is 5.95 Å². The van der Waals surface area contributed by atoms with Crippen LogP contribution in [0.25, 0.3) is 22.2 Å². The topological polar surface area (TPSA) is 202 Å². The van der Waals surface area contributed by atoms with Crippen LogP contribution in [-0.4, -0.2) is 78.1 Å². The van der Waals surface area contributed by atoms with E-state index < -0.39 is 72.8 Å². The molecule has 41 heavy (non-hydrogen) atoms. The average molecular weight is 613 g/mol. The number of aromatic amines is 1. The highest BCUT2D eigenvalue weighted by Crippen LogP contribution is 2.44. The summed E-state index contributed by atoms with van der Waals surface area (Å²) >= 11 is 0. The van der Waals surface area contributed by atoms with Crippen molar-refractivity contribution in [2.45, 2.75) is 43.3 Å². The highest BCUT2D eigenvalue weighted by molar-refractivity contribution is 7.26. The lowest BCUT2D eigenvalue weighted by molar-refractivity contribution is -0.114. The van der Waals surface area contributed by atoms with Crippen molar-refractivity contribution in [2.75, 3.05) is 24.7 Å². The predicted octanol–water partition coefficient (Wildman–Crippen LogP) is 1.24. The maximum atomic E-state index is 15.8. The Kier molecular flexibility index (Phi) is 7.03. The van der Waals surface area contributed by atoms with Gasteiger partial charge in [-0.15, -0.1) is 0 Å². The van der Waals surface area contributed by atoms with Crippen molar-refractivity contribution in [1.82, 2.24) is 34.1 Å². The lowest BCUT2D eigenvalue weighted by Gasteiger charge is -2.22. The Morgan fingerprint density at radius 2 is 1.80 bits per heavy atom. The summed E-state index contributed by atoms with van der Waals surface area (Å²) in [6.07, 6.45) is -4.57. The van der Waals surface area contributed by atoms with Gasteiger partial charge in [0.05, 0.1) is 31.0 Å². The van der Waals surface area contributed by atoms with Gasteiger partial charge in [-0.05, 0) is 6.07 Å². The lowest BCUT2D eigenvalue weighted by atomic mass is 10.0. The van der Waals surface area contributed by atoms with Crippen molar-refractivity contribution >= 4 is 52.0 Å². The van der Waals surface area contributed by atoms with E-state index in [0.29, 0.717) is 11.0 Å². The van der Waals surface area contributed by atoms with Crippen molar-refractivity contribution < 1.29 is 36.3 Å². The van der Waals surface area contributed by atoms with Crippen molar-refractivity contribution in [2.24, 2.45) is 5.92 Å². The third-order valence-corrected chi connectivity index (χ3v) is 8.40. The molecule has 3 saturated heterocycles. The van der Waals surface area contributed by atoms with Gasteiger partial charge >= 0.3 is 0 Å². The molecule has 3 unspecified atom stereocenters. The van der Waals surface area contributed by atoms with Gasteiger partial charge in [-0.2, -0.15) is 4.98 Å². The third kappa shape index (κ3) is 4.64. The molecule has 0 aliphatic carbocycles. The van der Waals surface area contributed by atoms with E-state index in [1.165, 1.54) is 17.2 Å². The Bertz CT molecular complexity index is 1640. The van der Waals surface area contributed by atoms with Gasteiger partial charge < -0.3 is 43.6 Å². The highest BCUT2D eigenvalue weighted by Gasteiger charge is 2.50. The molecular formula is C21H23F2N9O7P2. The van der Waals surface area contributed by atoms with Gasteiger partial charge in [0.25, 0.3) is 5.56 Å². The second kappa shape index (κ2) is 10.7. The van der Waals surface area contributed by atoms with Crippen LogP contribution in [0, 0.1) is 5.92 Å². The largest absolute Gasteiger partial charge is 0.383 e. The number of nitrogens with zero attached hydrogens (tertiary/aromatic N) is 6. The number of ether oxygens (including phenoxy) is 2. The van der Waals surface area contributed by atoms with Gasteiger partial charge in [-0.3, -0.25) is 14.3 Å². The zero-order valence-electron chi connectivity index (χ0n) is 20.8. The SMILES string of the molecule is Nc1nc2c(ncn2[C@@H]2OC3OPOC[C@H]4[C@H](F)[C@H](n5ccc6c(N)ncnc65)O[C@@H]4COPO[C@@H]2[C@H]3F)c(=O)[nH]1. The summed E-state index contributed by atoms with van der Waals surface area (Å²) in [4.78, 5) is 30.9. The van der Waals surface area contributed by atoms with Crippen molar-refractivity contribution in [1.29, 1.82) is 0 Å². The number of nitrogens with two attached hydrogens (primary N) is 2. The van der Waals surface area contributed by atoms with E-state index in [0.717, 1.165) is 0 Å². The second-order valence-electron chi connectivity index (χ2n) is 9.50. The number of rotatable bonds is 2. The number of aromatic nitrogens is 7. The number of halogens is 2. The minimum Gasteiger partial charge on any atom is -0.383 e. The zero-order chi connectivity index (χ0) is 28.2. The molecule has 3 fully saturated rings. The second-order valence-corrected chi connectivity index (χ2v) is 10.9. The molecule has 0 saturated carbocycles. The zero-order valence-corrected chi connectivity index (χ0v) is 22.8. The summed E-state index contributed by atoms with van der Waals surface area (Å²) < 4.78 is 68.6. The molecule has 16 nitrogen and oxygen atoms in total. The van der Waals surface area contributed by atoms with E-state index in [2.05, 4.69) is 24.9 Å². The standard InChI is InChI=1S/C21H23F2N9O7P2/c22-10-8-3-34-41-39-20-11(23)13(19(37-20)32-6-28-12-16(32)29-21(25)30-17(12)33)38-40-35-4-9(8)36-18(10)31-2-1-7-14(24)26-5-27-15(7)31/h1-2,5-6,8-11,13,18-20,40-41H,3-4H2,(H2,24,26,27)(H3,25,29,30,33)/t8-,9-,10+,11-,13-,18-,19-,20?/m1/s1. The van der Waals surface area contributed by atoms with Crippen LogP contribution in [0.2, 0.25) is 0 Å². The van der Waals surface area contributed by atoms with Gasteiger partial charge in [-0.25, -0.2) is 23.7 Å². The Labute approximate surface area is 231 Å². The summed E-state index contributed by atoms with van der Waals surface area (Å²) in [6.45, 7) is -0.164. The number of hydrogen-bond donors (Lipinski definition) is 3. The van der Waals surface area contributed by atoms with Gasteiger partial charge in [0.1, 0.15) is 23.9 Å². The molecule has 0 spiro atoms. The maximum Gasteiger partial charge on any atom is 0.280 e. The molecule has 7 rings (SSSR count). The molecule has 4 aromatic heterocycles. The van der Waals surface area contributed by atoms with E-state index in [4.69, 9.17) is 39.0 Å². The quantitative estimate of drug-likeness (QED) is 0.273. The van der Waals surface area contributed by atoms with Crippen LogP contribution < -0.4 is 17.0 Å². The summed E-state index contributed by atoms with van der Waals surface area (Å²) in [5.74, 6) is -0.618. The van der Waals surface area contributed by atoms with Gasteiger partial charge in [0, 0.05) is 12.1 Å². The molecule has 0 amide bonds. The Morgan fingerprint density at radius 1 is 0.976 bits per heavy atom.